The summed E-state index contributed by atoms with van der Waals surface area (Å²) in [4.78, 5) is 15.6. The minimum atomic E-state index is -0.956. The van der Waals surface area contributed by atoms with Gasteiger partial charge in [0.05, 0.1) is 22.7 Å². The number of aliphatic hydroxyl groups excluding tert-OH is 2. The van der Waals surface area contributed by atoms with Gasteiger partial charge in [-0.25, -0.2) is 4.98 Å². The van der Waals surface area contributed by atoms with Crippen molar-refractivity contribution >= 4 is 11.5 Å². The number of aromatic nitrogens is 1. The molecular formula is C10H10N4O4. The lowest BCUT2D eigenvalue weighted by molar-refractivity contribution is -0.384. The number of hydrogen-bond acceptors (Lipinski definition) is 7. The Morgan fingerprint density at radius 1 is 1.50 bits per heavy atom. The fourth-order valence-electron chi connectivity index (χ4n) is 1.83. The van der Waals surface area contributed by atoms with Gasteiger partial charge in [0.1, 0.15) is 6.07 Å². The van der Waals surface area contributed by atoms with Gasteiger partial charge in [-0.2, -0.15) is 5.26 Å². The number of aliphatic hydroxyl groups is 2. The Balaban J connectivity index is 2.39. The van der Waals surface area contributed by atoms with E-state index < -0.39 is 17.1 Å². The molecule has 1 aliphatic rings. The van der Waals surface area contributed by atoms with Crippen molar-refractivity contribution in [2.45, 2.75) is 12.2 Å². The van der Waals surface area contributed by atoms with Crippen molar-refractivity contribution in [3.63, 3.8) is 0 Å². The average Bonchev–Trinajstić information content (AvgIpc) is 2.68. The first-order valence-corrected chi connectivity index (χ1v) is 5.18. The van der Waals surface area contributed by atoms with Gasteiger partial charge in [-0.1, -0.05) is 0 Å². The smallest absolute Gasteiger partial charge is 0.312 e. The highest BCUT2D eigenvalue weighted by atomic mass is 16.6. The number of β-amino-alcohol motifs (C(OH)–C–C–N with tert-alkyl or cyclic N) is 2. The van der Waals surface area contributed by atoms with Crippen LogP contribution in [0.4, 0.5) is 11.5 Å². The Bertz CT molecular complexity index is 517. The van der Waals surface area contributed by atoms with E-state index in [1.165, 1.54) is 11.1 Å². The number of pyridine rings is 1. The van der Waals surface area contributed by atoms with Crippen LogP contribution in [0.5, 0.6) is 0 Å². The summed E-state index contributed by atoms with van der Waals surface area (Å²) >= 11 is 0. The quantitative estimate of drug-likeness (QED) is 0.530. The van der Waals surface area contributed by atoms with E-state index in [4.69, 9.17) is 5.26 Å². The molecule has 2 atom stereocenters. The second kappa shape index (κ2) is 4.56. The Labute approximate surface area is 102 Å². The van der Waals surface area contributed by atoms with Crippen LogP contribution in [0.25, 0.3) is 0 Å². The summed E-state index contributed by atoms with van der Waals surface area (Å²) < 4.78 is 0. The van der Waals surface area contributed by atoms with Crippen LogP contribution in [-0.4, -0.2) is 45.4 Å². The highest BCUT2D eigenvalue weighted by Gasteiger charge is 2.34. The summed E-state index contributed by atoms with van der Waals surface area (Å²) in [5, 5.41) is 38.4. The number of hydrogen-bond donors (Lipinski definition) is 2. The molecule has 1 saturated heterocycles. The lowest BCUT2D eigenvalue weighted by atomic mass is 10.2. The molecule has 2 heterocycles. The van der Waals surface area contributed by atoms with Crippen LogP contribution >= 0.6 is 0 Å². The molecule has 1 fully saturated rings. The number of nitrogens with zero attached hydrogens (tertiary/aromatic N) is 4. The van der Waals surface area contributed by atoms with Gasteiger partial charge in [-0.05, 0) is 0 Å². The van der Waals surface area contributed by atoms with Crippen LogP contribution in [0.15, 0.2) is 12.3 Å². The molecule has 0 aliphatic carbocycles. The maximum Gasteiger partial charge on any atom is 0.312 e. The van der Waals surface area contributed by atoms with Gasteiger partial charge in [0.2, 0.25) is 5.82 Å². The van der Waals surface area contributed by atoms with Crippen LogP contribution < -0.4 is 4.90 Å². The Morgan fingerprint density at radius 3 is 2.61 bits per heavy atom. The van der Waals surface area contributed by atoms with E-state index in [1.54, 1.807) is 6.07 Å². The van der Waals surface area contributed by atoms with E-state index in [-0.39, 0.29) is 30.2 Å². The van der Waals surface area contributed by atoms with Crippen LogP contribution in [0, 0.1) is 21.4 Å². The normalized spacial score (nSPS) is 22.8. The average molecular weight is 250 g/mol. The van der Waals surface area contributed by atoms with Crippen molar-refractivity contribution in [1.82, 2.24) is 4.98 Å². The first-order valence-electron chi connectivity index (χ1n) is 5.18. The highest BCUT2D eigenvalue weighted by Crippen LogP contribution is 2.29. The molecule has 2 rings (SSSR count). The van der Waals surface area contributed by atoms with E-state index in [0.29, 0.717) is 0 Å². The topological polar surface area (TPSA) is 124 Å². The van der Waals surface area contributed by atoms with Gasteiger partial charge < -0.3 is 15.1 Å². The second-order valence-electron chi connectivity index (χ2n) is 3.98. The van der Waals surface area contributed by atoms with E-state index in [9.17, 15) is 20.3 Å². The largest absolute Gasteiger partial charge is 0.389 e. The summed E-state index contributed by atoms with van der Waals surface area (Å²) in [6.45, 7) is 0.141. The molecule has 94 valence electrons. The standard InChI is InChI=1S/C10H10N4O4/c11-2-6-1-7(14(17)18)10(12-3-6)13-4-8(15)9(16)5-13/h1,3,8-9,15-16H,4-5H2. The van der Waals surface area contributed by atoms with Crippen molar-refractivity contribution in [3.8, 4) is 6.07 Å². The van der Waals surface area contributed by atoms with E-state index >= 15 is 0 Å². The number of nitriles is 1. The van der Waals surface area contributed by atoms with E-state index in [2.05, 4.69) is 4.98 Å². The zero-order chi connectivity index (χ0) is 13.3. The first-order chi connectivity index (χ1) is 8.52. The number of rotatable bonds is 2. The van der Waals surface area contributed by atoms with Gasteiger partial charge in [-0.3, -0.25) is 10.1 Å². The Kier molecular flexibility index (Phi) is 3.10. The Hall–Kier alpha value is -2.24. The van der Waals surface area contributed by atoms with Crippen molar-refractivity contribution in [3.05, 3.63) is 27.9 Å². The summed E-state index contributed by atoms with van der Waals surface area (Å²) in [6.07, 6.45) is -0.691. The molecule has 0 spiro atoms. The SMILES string of the molecule is N#Cc1cnc(N2CC(O)C(O)C2)c([N+](=O)[O-])c1. The fraction of sp³-hybridized carbons (Fsp3) is 0.400. The predicted molar refractivity (Wildman–Crippen MR) is 59.8 cm³/mol. The first kappa shape index (κ1) is 12.2. The molecule has 8 nitrogen and oxygen atoms in total. The maximum absolute atomic E-state index is 10.9. The van der Waals surface area contributed by atoms with Gasteiger partial charge in [0.25, 0.3) is 0 Å². The molecule has 0 radical (unpaired) electrons. The maximum atomic E-state index is 10.9. The molecule has 2 N–H and O–H groups in total. The molecule has 1 aromatic rings. The summed E-state index contributed by atoms with van der Waals surface area (Å²) in [5.41, 5.74) is -0.221. The molecule has 18 heavy (non-hydrogen) atoms. The lowest BCUT2D eigenvalue weighted by Gasteiger charge is -2.15. The van der Waals surface area contributed by atoms with Crippen LogP contribution in [-0.2, 0) is 0 Å². The molecule has 8 heteroatoms. The van der Waals surface area contributed by atoms with Crippen molar-refractivity contribution in [2.24, 2.45) is 0 Å². The van der Waals surface area contributed by atoms with Gasteiger partial charge >= 0.3 is 5.69 Å². The zero-order valence-corrected chi connectivity index (χ0v) is 9.22. The number of anilines is 1. The van der Waals surface area contributed by atoms with Gasteiger partial charge in [0, 0.05) is 25.4 Å². The van der Waals surface area contributed by atoms with E-state index in [1.807, 2.05) is 0 Å². The lowest BCUT2D eigenvalue weighted by Crippen LogP contribution is -2.23. The predicted octanol–water partition coefficient (Wildman–Crippen LogP) is -0.597. The van der Waals surface area contributed by atoms with Crippen molar-refractivity contribution < 1.29 is 15.1 Å². The monoisotopic (exact) mass is 250 g/mol. The van der Waals surface area contributed by atoms with E-state index in [0.717, 1.165) is 6.07 Å². The molecule has 1 aromatic heterocycles. The minimum Gasteiger partial charge on any atom is -0.389 e. The summed E-state index contributed by atoms with van der Waals surface area (Å²) in [6, 6.07) is 2.90. The third-order valence-electron chi connectivity index (χ3n) is 2.73. The number of nitro groups is 1. The van der Waals surface area contributed by atoms with Crippen LogP contribution in [0.2, 0.25) is 0 Å². The summed E-state index contributed by atoms with van der Waals surface area (Å²) in [7, 11) is 0. The molecule has 1 aliphatic heterocycles. The Morgan fingerprint density at radius 2 is 2.11 bits per heavy atom. The minimum absolute atomic E-state index is 0.0506. The van der Waals surface area contributed by atoms with Crippen molar-refractivity contribution in [1.29, 1.82) is 5.26 Å². The van der Waals surface area contributed by atoms with Gasteiger partial charge in [-0.15, -0.1) is 0 Å². The molecule has 0 saturated carbocycles. The third-order valence-corrected chi connectivity index (χ3v) is 2.73. The van der Waals surface area contributed by atoms with Gasteiger partial charge in [0.15, 0.2) is 0 Å². The molecule has 0 amide bonds. The second-order valence-corrected chi connectivity index (χ2v) is 3.98. The summed E-state index contributed by atoms with van der Waals surface area (Å²) in [5.74, 6) is 0.0506. The fourth-order valence-corrected chi connectivity index (χ4v) is 1.83. The molecular weight excluding hydrogens is 240 g/mol. The molecule has 2 unspecified atom stereocenters. The molecule has 0 aromatic carbocycles. The van der Waals surface area contributed by atoms with Crippen molar-refractivity contribution in [2.75, 3.05) is 18.0 Å². The van der Waals surface area contributed by atoms with Crippen LogP contribution in [0.1, 0.15) is 5.56 Å². The van der Waals surface area contributed by atoms with Crippen LogP contribution in [0.3, 0.4) is 0 Å². The zero-order valence-electron chi connectivity index (χ0n) is 9.22. The molecule has 0 bridgehead atoms. The third kappa shape index (κ3) is 2.09. The highest BCUT2D eigenvalue weighted by molar-refractivity contribution is 5.60.